The van der Waals surface area contributed by atoms with Crippen LogP contribution in [-0.2, 0) is 6.54 Å². The van der Waals surface area contributed by atoms with Gasteiger partial charge in [-0.25, -0.2) is 0 Å². The third kappa shape index (κ3) is 3.32. The van der Waals surface area contributed by atoms with Gasteiger partial charge in [0.15, 0.2) is 5.95 Å². The Labute approximate surface area is 112 Å². The number of benzene rings is 1. The van der Waals surface area contributed by atoms with Crippen molar-refractivity contribution in [1.29, 1.82) is 0 Å². The zero-order chi connectivity index (χ0) is 14.0. The molecule has 102 valence electrons. The normalized spacial score (nSPS) is 11.8. The van der Waals surface area contributed by atoms with Gasteiger partial charge < -0.3 is 14.9 Å². The van der Waals surface area contributed by atoms with Gasteiger partial charge in [0.2, 0.25) is 5.69 Å². The zero-order valence-corrected chi connectivity index (χ0v) is 11.7. The summed E-state index contributed by atoms with van der Waals surface area (Å²) in [5.74, 6) is -0.405. The summed E-state index contributed by atoms with van der Waals surface area (Å²) >= 11 is 0. The summed E-state index contributed by atoms with van der Waals surface area (Å²) in [5.41, 5.74) is 2.40. The van der Waals surface area contributed by atoms with Gasteiger partial charge in [0, 0.05) is 17.7 Å². The van der Waals surface area contributed by atoms with Gasteiger partial charge in [-0.1, -0.05) is 17.7 Å². The van der Waals surface area contributed by atoms with Gasteiger partial charge in [-0.3, -0.25) is 0 Å². The largest absolute Gasteiger partial charge is 0.539 e. The maximum absolute atomic E-state index is 11.7. The smallest absolute Gasteiger partial charge is 0.253 e. The minimum Gasteiger partial charge on any atom is -0.539 e. The van der Waals surface area contributed by atoms with Crippen LogP contribution in [0.5, 0.6) is 5.95 Å². The van der Waals surface area contributed by atoms with Crippen molar-refractivity contribution in [3.63, 3.8) is 0 Å². The van der Waals surface area contributed by atoms with Crippen LogP contribution in [0.2, 0.25) is 0 Å². The maximum Gasteiger partial charge on any atom is 0.253 e. The van der Waals surface area contributed by atoms with Crippen molar-refractivity contribution in [3.8, 4) is 11.6 Å². The molecule has 0 saturated carbocycles. The third-order valence-corrected chi connectivity index (χ3v) is 2.76. The molecule has 1 heterocycles. The van der Waals surface area contributed by atoms with Crippen molar-refractivity contribution in [2.75, 3.05) is 0 Å². The van der Waals surface area contributed by atoms with Gasteiger partial charge in [-0.05, 0) is 32.4 Å². The van der Waals surface area contributed by atoms with Crippen molar-refractivity contribution in [3.05, 3.63) is 35.5 Å². The monoisotopic (exact) mass is 261 g/mol. The number of nitrogens with one attached hydrogen (secondary N) is 1. The lowest BCUT2D eigenvalue weighted by atomic mass is 10.1. The van der Waals surface area contributed by atoms with E-state index in [1.54, 1.807) is 4.68 Å². The molecule has 0 amide bonds. The lowest BCUT2D eigenvalue weighted by Crippen LogP contribution is -2.42. The highest BCUT2D eigenvalue weighted by molar-refractivity contribution is 5.27. The molecule has 0 unspecified atom stereocenters. The number of hydrogen-bond donors (Lipinski definition) is 1. The molecular formula is C14H19N3O2. The first-order valence-corrected chi connectivity index (χ1v) is 6.27. The lowest BCUT2D eigenvalue weighted by Gasteiger charge is -2.19. The predicted molar refractivity (Wildman–Crippen MR) is 68.8 cm³/mol. The van der Waals surface area contributed by atoms with Crippen LogP contribution in [0.15, 0.2) is 28.8 Å². The maximum atomic E-state index is 11.7. The van der Waals surface area contributed by atoms with Crippen LogP contribution in [0, 0.1) is 6.92 Å². The molecule has 0 fully saturated rings. The molecule has 0 bridgehead atoms. The molecule has 19 heavy (non-hydrogen) atoms. The molecule has 1 N–H and O–H groups in total. The molecular weight excluding hydrogens is 242 g/mol. The summed E-state index contributed by atoms with van der Waals surface area (Å²) in [6, 6.07) is 7.78. The number of aryl methyl sites for hydroxylation is 1. The van der Waals surface area contributed by atoms with E-state index < -0.39 is 5.95 Å². The standard InChI is InChI=1S/C14H19N3O2/c1-10-5-7-11(8-6-10)17-12(13(18)19-16-17)9-15-14(2,3)4/h5-8,15H,9H2,1-4H3. The molecule has 2 rings (SSSR count). The van der Waals surface area contributed by atoms with E-state index in [0.29, 0.717) is 12.2 Å². The van der Waals surface area contributed by atoms with E-state index in [1.807, 2.05) is 52.0 Å². The number of nitrogens with zero attached hydrogens (tertiary/aromatic N) is 2. The molecule has 0 atom stereocenters. The first kappa shape index (κ1) is 13.5. The Hall–Kier alpha value is -1.88. The van der Waals surface area contributed by atoms with Gasteiger partial charge in [-0.2, -0.15) is 0 Å². The highest BCUT2D eigenvalue weighted by atomic mass is 16.6. The van der Waals surface area contributed by atoms with Crippen LogP contribution < -0.4 is 15.1 Å². The SMILES string of the molecule is Cc1ccc(-[n+]2noc([O-])c2CNC(C)(C)C)cc1. The highest BCUT2D eigenvalue weighted by Gasteiger charge is 2.21. The zero-order valence-electron chi connectivity index (χ0n) is 11.7. The molecule has 1 aromatic carbocycles. The van der Waals surface area contributed by atoms with E-state index in [9.17, 15) is 5.11 Å². The van der Waals surface area contributed by atoms with Crippen molar-refractivity contribution in [2.24, 2.45) is 0 Å². The van der Waals surface area contributed by atoms with Gasteiger partial charge in [0.25, 0.3) is 5.69 Å². The predicted octanol–water partition coefficient (Wildman–Crippen LogP) is 1.22. The second-order valence-electron chi connectivity index (χ2n) is 5.66. The fourth-order valence-electron chi connectivity index (χ4n) is 1.65. The van der Waals surface area contributed by atoms with Gasteiger partial charge in [0.1, 0.15) is 0 Å². The minimum atomic E-state index is -0.405. The Kier molecular flexibility index (Phi) is 3.57. The minimum absolute atomic E-state index is 0.0746. The van der Waals surface area contributed by atoms with E-state index >= 15 is 0 Å². The Morgan fingerprint density at radius 3 is 2.47 bits per heavy atom. The van der Waals surface area contributed by atoms with Crippen molar-refractivity contribution in [1.82, 2.24) is 10.6 Å². The summed E-state index contributed by atoms with van der Waals surface area (Å²) in [5, 5.41) is 18.8. The van der Waals surface area contributed by atoms with Crippen LogP contribution >= 0.6 is 0 Å². The van der Waals surface area contributed by atoms with Crippen molar-refractivity contribution >= 4 is 0 Å². The van der Waals surface area contributed by atoms with Crippen LogP contribution in [0.1, 0.15) is 32.0 Å². The van der Waals surface area contributed by atoms with Crippen LogP contribution in [0.4, 0.5) is 0 Å². The molecule has 0 aliphatic carbocycles. The molecule has 5 nitrogen and oxygen atoms in total. The summed E-state index contributed by atoms with van der Waals surface area (Å²) in [4.78, 5) is 0. The van der Waals surface area contributed by atoms with E-state index in [-0.39, 0.29) is 5.54 Å². The quantitative estimate of drug-likeness (QED) is 0.844. The van der Waals surface area contributed by atoms with Crippen molar-refractivity contribution in [2.45, 2.75) is 39.8 Å². The second kappa shape index (κ2) is 5.01. The van der Waals surface area contributed by atoms with E-state index in [4.69, 9.17) is 4.52 Å². The van der Waals surface area contributed by atoms with Gasteiger partial charge in [0.05, 0.1) is 11.8 Å². The van der Waals surface area contributed by atoms with Crippen LogP contribution in [0.25, 0.3) is 5.69 Å². The first-order valence-electron chi connectivity index (χ1n) is 6.27. The van der Waals surface area contributed by atoms with E-state index in [1.165, 1.54) is 0 Å². The molecule has 2 aromatic rings. The second-order valence-corrected chi connectivity index (χ2v) is 5.66. The molecule has 0 radical (unpaired) electrons. The molecule has 0 aliphatic heterocycles. The average Bonchev–Trinajstić information content (AvgIpc) is 2.68. The number of hydrogen-bond acceptors (Lipinski definition) is 4. The summed E-state index contributed by atoms with van der Waals surface area (Å²) in [7, 11) is 0. The van der Waals surface area contributed by atoms with E-state index in [0.717, 1.165) is 11.3 Å². The fourth-order valence-corrected chi connectivity index (χ4v) is 1.65. The van der Waals surface area contributed by atoms with Crippen molar-refractivity contribution < 1.29 is 14.3 Å². The third-order valence-electron chi connectivity index (χ3n) is 2.76. The lowest BCUT2D eigenvalue weighted by molar-refractivity contribution is -0.677. The Morgan fingerprint density at radius 1 is 1.26 bits per heavy atom. The topological polar surface area (TPSA) is 65.0 Å². The van der Waals surface area contributed by atoms with Crippen LogP contribution in [-0.4, -0.2) is 10.8 Å². The first-order chi connectivity index (χ1) is 8.87. The number of rotatable bonds is 3. The fraction of sp³-hybridized carbons (Fsp3) is 0.429. The summed E-state index contributed by atoms with van der Waals surface area (Å²) in [6.07, 6.45) is 0. The molecule has 0 spiro atoms. The molecule has 0 saturated heterocycles. The van der Waals surface area contributed by atoms with Crippen LogP contribution in [0.3, 0.4) is 0 Å². The van der Waals surface area contributed by atoms with E-state index in [2.05, 4.69) is 10.6 Å². The Balaban J connectivity index is 2.29. The van der Waals surface area contributed by atoms with Gasteiger partial charge >= 0.3 is 0 Å². The average molecular weight is 261 g/mol. The Morgan fingerprint density at radius 2 is 1.89 bits per heavy atom. The van der Waals surface area contributed by atoms with Gasteiger partial charge in [-0.15, -0.1) is 0 Å². The number of aromatic nitrogens is 2. The molecule has 0 aliphatic rings. The highest BCUT2D eigenvalue weighted by Crippen LogP contribution is 2.12. The summed E-state index contributed by atoms with van der Waals surface area (Å²) in [6.45, 7) is 8.56. The Bertz CT molecular complexity index is 553. The molecule has 5 heteroatoms. The summed E-state index contributed by atoms with van der Waals surface area (Å²) < 4.78 is 6.31. The molecule has 1 aromatic heterocycles.